The molecule has 2 heteroatoms. The molecule has 0 unspecified atom stereocenters. The molecule has 0 bridgehead atoms. The van der Waals surface area contributed by atoms with Crippen LogP contribution in [-0.2, 0) is 10.2 Å². The fourth-order valence-corrected chi connectivity index (χ4v) is 3.07. The molecule has 0 saturated carbocycles. The van der Waals surface area contributed by atoms with Crippen LogP contribution in [0.15, 0.2) is 49.0 Å². The Morgan fingerprint density at radius 1 is 1.18 bits per heavy atom. The lowest BCUT2D eigenvalue weighted by Crippen LogP contribution is -2.31. The number of benzene rings is 1. The number of hydrogen-bond donors (Lipinski definition) is 0. The van der Waals surface area contributed by atoms with Gasteiger partial charge < -0.3 is 9.64 Å². The van der Waals surface area contributed by atoms with E-state index in [1.54, 1.807) is 12.5 Å². The highest BCUT2D eigenvalue weighted by Crippen LogP contribution is 2.46. The van der Waals surface area contributed by atoms with Gasteiger partial charge in [0.1, 0.15) is 0 Å². The van der Waals surface area contributed by atoms with Crippen molar-refractivity contribution in [1.29, 1.82) is 0 Å². The Balaban J connectivity index is 1.98. The van der Waals surface area contributed by atoms with Crippen molar-refractivity contribution in [3.63, 3.8) is 0 Å². The second kappa shape index (κ2) is 3.04. The summed E-state index contributed by atoms with van der Waals surface area (Å²) < 4.78 is 5.19. The zero-order valence-electron chi connectivity index (χ0n) is 9.47. The lowest BCUT2D eigenvalue weighted by Gasteiger charge is -2.25. The van der Waals surface area contributed by atoms with Crippen LogP contribution in [0.25, 0.3) is 6.08 Å². The van der Waals surface area contributed by atoms with E-state index < -0.39 is 0 Å². The molecule has 17 heavy (non-hydrogen) atoms. The Bertz CT molecular complexity index is 556. The Labute approximate surface area is 101 Å². The molecule has 0 fully saturated rings. The van der Waals surface area contributed by atoms with Crippen LogP contribution in [0.2, 0.25) is 0 Å². The zero-order valence-corrected chi connectivity index (χ0v) is 9.47. The first-order chi connectivity index (χ1) is 8.39. The zero-order chi connectivity index (χ0) is 11.3. The van der Waals surface area contributed by atoms with Gasteiger partial charge in [-0.3, -0.25) is 0 Å². The molecule has 0 N–H and O–H groups in total. The van der Waals surface area contributed by atoms with E-state index in [1.807, 2.05) is 0 Å². The number of para-hydroxylation sites is 1. The second-order valence-corrected chi connectivity index (χ2v) is 4.81. The summed E-state index contributed by atoms with van der Waals surface area (Å²) in [7, 11) is 0. The molecule has 0 amide bonds. The summed E-state index contributed by atoms with van der Waals surface area (Å²) in [4.78, 5) is 2.45. The molecule has 3 aliphatic rings. The molecular formula is C15H13NO. The number of hydrogen-bond acceptors (Lipinski definition) is 2. The van der Waals surface area contributed by atoms with Crippen molar-refractivity contribution < 1.29 is 4.74 Å². The van der Waals surface area contributed by atoms with Gasteiger partial charge in [-0.05, 0) is 23.3 Å². The first-order valence-corrected chi connectivity index (χ1v) is 5.95. The molecule has 0 atom stereocenters. The van der Waals surface area contributed by atoms with Gasteiger partial charge in [0.2, 0.25) is 0 Å². The molecule has 0 aliphatic carbocycles. The molecule has 4 rings (SSSR count). The van der Waals surface area contributed by atoms with E-state index in [0.29, 0.717) is 0 Å². The van der Waals surface area contributed by atoms with E-state index in [4.69, 9.17) is 4.74 Å². The van der Waals surface area contributed by atoms with Gasteiger partial charge in [-0.1, -0.05) is 30.4 Å². The fourth-order valence-electron chi connectivity index (χ4n) is 3.07. The van der Waals surface area contributed by atoms with Crippen molar-refractivity contribution in [2.75, 3.05) is 18.0 Å². The third-order valence-corrected chi connectivity index (χ3v) is 3.85. The van der Waals surface area contributed by atoms with E-state index >= 15 is 0 Å². The summed E-state index contributed by atoms with van der Waals surface area (Å²) in [6, 6.07) is 6.57. The molecule has 84 valence electrons. The third-order valence-electron chi connectivity index (χ3n) is 3.85. The molecule has 2 nitrogen and oxygen atoms in total. The van der Waals surface area contributed by atoms with Crippen LogP contribution >= 0.6 is 0 Å². The second-order valence-electron chi connectivity index (χ2n) is 4.81. The summed E-state index contributed by atoms with van der Waals surface area (Å²) in [5.74, 6) is 0. The van der Waals surface area contributed by atoms with Crippen LogP contribution in [0.5, 0.6) is 0 Å². The maximum absolute atomic E-state index is 5.19. The number of anilines is 1. The number of fused-ring (bicyclic) bond motifs is 1. The van der Waals surface area contributed by atoms with Crippen LogP contribution in [0.3, 0.4) is 0 Å². The number of ether oxygens (including phenoxy) is 1. The van der Waals surface area contributed by atoms with Gasteiger partial charge in [0, 0.05) is 18.8 Å². The largest absolute Gasteiger partial charge is 0.473 e. The highest BCUT2D eigenvalue weighted by molar-refractivity contribution is 5.80. The number of nitrogens with zero attached hydrogens (tertiary/aromatic N) is 1. The van der Waals surface area contributed by atoms with E-state index in [0.717, 1.165) is 13.1 Å². The molecular weight excluding hydrogens is 210 g/mol. The van der Waals surface area contributed by atoms with E-state index in [9.17, 15) is 0 Å². The van der Waals surface area contributed by atoms with Gasteiger partial charge in [-0.25, -0.2) is 0 Å². The minimum absolute atomic E-state index is 0.00954. The van der Waals surface area contributed by atoms with Gasteiger partial charge in [-0.2, -0.15) is 0 Å². The van der Waals surface area contributed by atoms with Gasteiger partial charge in [-0.15, -0.1) is 0 Å². The average molecular weight is 223 g/mol. The van der Waals surface area contributed by atoms with Gasteiger partial charge >= 0.3 is 0 Å². The topological polar surface area (TPSA) is 12.5 Å². The van der Waals surface area contributed by atoms with E-state index in [1.165, 1.54) is 16.8 Å². The molecule has 3 aliphatic heterocycles. The standard InChI is InChI=1S/C15H13NO/c1-3-12-4-2-8-16-11-15(6-9-17-10-7-15)13(5-1)14(12)16/h1-7,9-10H,8,11H2. The minimum atomic E-state index is 0.00954. The lowest BCUT2D eigenvalue weighted by molar-refractivity contribution is 0.378. The summed E-state index contributed by atoms with van der Waals surface area (Å²) in [6.07, 6.45) is 12.4. The fraction of sp³-hybridized carbons (Fsp3) is 0.200. The summed E-state index contributed by atoms with van der Waals surface area (Å²) in [5.41, 5.74) is 4.13. The van der Waals surface area contributed by atoms with Crippen molar-refractivity contribution in [1.82, 2.24) is 0 Å². The Morgan fingerprint density at radius 2 is 2.06 bits per heavy atom. The van der Waals surface area contributed by atoms with Crippen molar-refractivity contribution in [3.05, 3.63) is 60.1 Å². The number of rotatable bonds is 0. The summed E-state index contributed by atoms with van der Waals surface area (Å²) in [5, 5.41) is 0. The highest BCUT2D eigenvalue weighted by atomic mass is 16.5. The van der Waals surface area contributed by atoms with E-state index in [-0.39, 0.29) is 5.41 Å². The maximum Gasteiger partial charge on any atom is 0.0874 e. The summed E-state index contributed by atoms with van der Waals surface area (Å²) in [6.45, 7) is 2.02. The molecule has 1 aromatic carbocycles. The molecule has 1 aromatic rings. The predicted molar refractivity (Wildman–Crippen MR) is 68.7 cm³/mol. The van der Waals surface area contributed by atoms with Crippen LogP contribution in [0.1, 0.15) is 11.1 Å². The normalized spacial score (nSPS) is 21.8. The van der Waals surface area contributed by atoms with E-state index in [2.05, 4.69) is 47.4 Å². The Morgan fingerprint density at radius 3 is 2.94 bits per heavy atom. The third kappa shape index (κ3) is 1.10. The SMILES string of the molecule is C1=Cc2cccc3c2N(C1)CC31C=COC=C1. The lowest BCUT2D eigenvalue weighted by atomic mass is 9.81. The smallest absolute Gasteiger partial charge is 0.0874 e. The van der Waals surface area contributed by atoms with Gasteiger partial charge in [0.25, 0.3) is 0 Å². The highest BCUT2D eigenvalue weighted by Gasteiger charge is 2.41. The van der Waals surface area contributed by atoms with Crippen molar-refractivity contribution in [3.8, 4) is 0 Å². The van der Waals surface area contributed by atoms with Crippen molar-refractivity contribution in [2.45, 2.75) is 5.41 Å². The minimum Gasteiger partial charge on any atom is -0.473 e. The molecule has 0 radical (unpaired) electrons. The van der Waals surface area contributed by atoms with Crippen LogP contribution in [0, 0.1) is 0 Å². The quantitative estimate of drug-likeness (QED) is 0.670. The first kappa shape index (κ1) is 9.11. The van der Waals surface area contributed by atoms with Crippen molar-refractivity contribution >= 4 is 11.8 Å². The van der Waals surface area contributed by atoms with Crippen LogP contribution in [-0.4, -0.2) is 13.1 Å². The molecule has 0 aromatic heterocycles. The van der Waals surface area contributed by atoms with Gasteiger partial charge in [0.15, 0.2) is 0 Å². The maximum atomic E-state index is 5.19. The first-order valence-electron chi connectivity index (χ1n) is 5.95. The summed E-state index contributed by atoms with van der Waals surface area (Å²) >= 11 is 0. The Hall–Kier alpha value is -1.96. The van der Waals surface area contributed by atoms with Crippen molar-refractivity contribution in [2.24, 2.45) is 0 Å². The predicted octanol–water partition coefficient (Wildman–Crippen LogP) is 2.83. The van der Waals surface area contributed by atoms with Gasteiger partial charge in [0.05, 0.1) is 17.9 Å². The molecule has 3 heterocycles. The molecule has 1 spiro atoms. The monoisotopic (exact) mass is 223 g/mol. The van der Waals surface area contributed by atoms with Crippen LogP contribution in [0.4, 0.5) is 5.69 Å². The average Bonchev–Trinajstić information content (AvgIpc) is 2.68. The van der Waals surface area contributed by atoms with Crippen LogP contribution < -0.4 is 4.90 Å². The Kier molecular flexibility index (Phi) is 1.63. The molecule has 0 saturated heterocycles.